The van der Waals surface area contributed by atoms with Gasteiger partial charge in [-0.05, 0) is 12.5 Å². The molecule has 1 aromatic rings. The first-order chi connectivity index (χ1) is 9.99. The highest BCUT2D eigenvalue weighted by Gasteiger charge is 2.44. The molecule has 0 radical (unpaired) electrons. The van der Waals surface area contributed by atoms with Crippen molar-refractivity contribution >= 4 is 11.6 Å². The number of hydrogen-bond acceptors (Lipinski definition) is 5. The number of aryl methyl sites for hydroxylation is 1. The van der Waals surface area contributed by atoms with Crippen LogP contribution in [0.5, 0.6) is 0 Å². The van der Waals surface area contributed by atoms with Crippen molar-refractivity contribution in [3.63, 3.8) is 0 Å². The number of hydrogen-bond donors (Lipinski definition) is 2. The van der Waals surface area contributed by atoms with Crippen LogP contribution in [0.4, 0.5) is 0 Å². The van der Waals surface area contributed by atoms with Gasteiger partial charge in [0.15, 0.2) is 6.23 Å². The van der Waals surface area contributed by atoms with Crippen molar-refractivity contribution in [1.82, 2.24) is 9.55 Å². The van der Waals surface area contributed by atoms with Crippen LogP contribution in [-0.2, 0) is 4.74 Å². The fourth-order valence-corrected chi connectivity index (χ4v) is 2.72. The van der Waals surface area contributed by atoms with Gasteiger partial charge in [-0.2, -0.15) is 0 Å². The SMILES string of the molecule is Cc1cn([C@@H]2O[C@H](CO)[C@@H](CN=[N+]=[N-])[C@H]2Cl)c(=O)[nH]c1=O. The third-order valence-electron chi connectivity index (χ3n) is 3.43. The quantitative estimate of drug-likeness (QED) is 0.357. The molecule has 1 fully saturated rings. The summed E-state index contributed by atoms with van der Waals surface area (Å²) in [5.41, 5.74) is 7.58. The highest BCUT2D eigenvalue weighted by atomic mass is 35.5. The summed E-state index contributed by atoms with van der Waals surface area (Å²) in [5, 5.41) is 12.1. The summed E-state index contributed by atoms with van der Waals surface area (Å²) in [6, 6.07) is 0. The van der Waals surface area contributed by atoms with Crippen molar-refractivity contribution in [3.8, 4) is 0 Å². The van der Waals surface area contributed by atoms with E-state index in [1.807, 2.05) is 0 Å². The third kappa shape index (κ3) is 2.96. The summed E-state index contributed by atoms with van der Waals surface area (Å²) < 4.78 is 6.74. The second-order valence-electron chi connectivity index (χ2n) is 4.75. The Morgan fingerprint density at radius 2 is 2.33 bits per heavy atom. The molecule has 1 aliphatic rings. The van der Waals surface area contributed by atoms with E-state index in [-0.39, 0.29) is 13.2 Å². The highest BCUT2D eigenvalue weighted by molar-refractivity contribution is 6.21. The Kier molecular flexibility index (Phi) is 4.69. The first kappa shape index (κ1) is 15.6. The average Bonchev–Trinajstić information content (AvgIpc) is 2.77. The fourth-order valence-electron chi connectivity index (χ4n) is 2.29. The van der Waals surface area contributed by atoms with Gasteiger partial charge in [-0.3, -0.25) is 14.3 Å². The molecule has 2 rings (SSSR count). The number of halogens is 1. The molecule has 2 N–H and O–H groups in total. The molecular weight excluding hydrogens is 302 g/mol. The summed E-state index contributed by atoms with van der Waals surface area (Å²) in [7, 11) is 0. The fraction of sp³-hybridized carbons (Fsp3) is 0.636. The van der Waals surface area contributed by atoms with Gasteiger partial charge in [-0.1, -0.05) is 5.11 Å². The van der Waals surface area contributed by atoms with E-state index < -0.39 is 34.9 Å². The molecule has 0 unspecified atom stereocenters. The number of aromatic nitrogens is 2. The van der Waals surface area contributed by atoms with Crippen LogP contribution in [0, 0.1) is 12.8 Å². The van der Waals surface area contributed by atoms with Crippen LogP contribution in [0.15, 0.2) is 20.9 Å². The van der Waals surface area contributed by atoms with Gasteiger partial charge in [0.1, 0.15) is 0 Å². The van der Waals surface area contributed by atoms with Gasteiger partial charge in [0.25, 0.3) is 5.56 Å². The van der Waals surface area contributed by atoms with Gasteiger partial charge in [0, 0.05) is 29.1 Å². The van der Waals surface area contributed by atoms with Crippen LogP contribution in [0.3, 0.4) is 0 Å². The lowest BCUT2D eigenvalue weighted by Gasteiger charge is -2.17. The number of aliphatic hydroxyl groups excluding tert-OH is 1. The lowest BCUT2D eigenvalue weighted by molar-refractivity contribution is -0.0315. The molecule has 0 bridgehead atoms. The van der Waals surface area contributed by atoms with E-state index >= 15 is 0 Å². The van der Waals surface area contributed by atoms with Crippen LogP contribution in [-0.4, -0.2) is 39.3 Å². The predicted molar refractivity (Wildman–Crippen MR) is 74.2 cm³/mol. The van der Waals surface area contributed by atoms with Crippen LogP contribution in [0.2, 0.25) is 0 Å². The minimum Gasteiger partial charge on any atom is -0.394 e. The van der Waals surface area contributed by atoms with Gasteiger partial charge >= 0.3 is 5.69 Å². The molecular formula is C11H14ClN5O4. The lowest BCUT2D eigenvalue weighted by atomic mass is 10.0. The molecule has 1 aliphatic heterocycles. The van der Waals surface area contributed by atoms with Gasteiger partial charge in [-0.25, -0.2) is 4.79 Å². The molecule has 114 valence electrons. The second-order valence-corrected chi connectivity index (χ2v) is 5.25. The van der Waals surface area contributed by atoms with E-state index in [1.54, 1.807) is 6.92 Å². The number of azide groups is 1. The van der Waals surface area contributed by atoms with Crippen molar-refractivity contribution in [1.29, 1.82) is 0 Å². The minimum absolute atomic E-state index is 0.0451. The van der Waals surface area contributed by atoms with E-state index in [0.717, 1.165) is 0 Å². The molecule has 1 saturated heterocycles. The number of ether oxygens (including phenoxy) is 1. The van der Waals surface area contributed by atoms with Crippen molar-refractivity contribution in [3.05, 3.63) is 43.0 Å². The number of alkyl halides is 1. The summed E-state index contributed by atoms with van der Waals surface area (Å²) in [6.45, 7) is 1.28. The molecule has 10 heteroatoms. The highest BCUT2D eigenvalue weighted by Crippen LogP contribution is 2.37. The molecule has 0 amide bonds. The Labute approximate surface area is 123 Å². The van der Waals surface area contributed by atoms with E-state index in [2.05, 4.69) is 15.0 Å². The Morgan fingerprint density at radius 1 is 1.62 bits per heavy atom. The summed E-state index contributed by atoms with van der Waals surface area (Å²) in [4.78, 5) is 28.1. The minimum atomic E-state index is -0.856. The van der Waals surface area contributed by atoms with Crippen molar-refractivity contribution in [2.75, 3.05) is 13.2 Å². The van der Waals surface area contributed by atoms with E-state index in [4.69, 9.17) is 21.9 Å². The third-order valence-corrected chi connectivity index (χ3v) is 3.97. The first-order valence-corrected chi connectivity index (χ1v) is 6.66. The van der Waals surface area contributed by atoms with Gasteiger partial charge in [-0.15, -0.1) is 11.6 Å². The molecule has 0 spiro atoms. The lowest BCUT2D eigenvalue weighted by Crippen LogP contribution is -2.36. The number of nitrogens with zero attached hydrogens (tertiary/aromatic N) is 4. The molecule has 0 aromatic carbocycles. The second kappa shape index (κ2) is 6.31. The molecule has 1 aromatic heterocycles. The number of aromatic amines is 1. The van der Waals surface area contributed by atoms with Crippen molar-refractivity contribution in [2.45, 2.75) is 24.6 Å². The average molecular weight is 316 g/mol. The summed E-state index contributed by atoms with van der Waals surface area (Å²) in [6.07, 6.45) is -0.154. The van der Waals surface area contributed by atoms with Crippen LogP contribution >= 0.6 is 11.6 Å². The van der Waals surface area contributed by atoms with E-state index in [1.165, 1.54) is 10.8 Å². The van der Waals surface area contributed by atoms with Crippen LogP contribution < -0.4 is 11.2 Å². The van der Waals surface area contributed by atoms with E-state index in [0.29, 0.717) is 5.56 Å². The van der Waals surface area contributed by atoms with Gasteiger partial charge < -0.3 is 9.84 Å². The zero-order valence-corrected chi connectivity index (χ0v) is 11.9. The maximum Gasteiger partial charge on any atom is 0.330 e. The molecule has 0 aliphatic carbocycles. The maximum atomic E-state index is 11.9. The Hall–Kier alpha value is -1.80. The van der Waals surface area contributed by atoms with Crippen LogP contribution in [0.25, 0.3) is 10.4 Å². The number of H-pyrrole nitrogens is 1. The van der Waals surface area contributed by atoms with Crippen LogP contribution in [0.1, 0.15) is 11.8 Å². The van der Waals surface area contributed by atoms with Crippen molar-refractivity contribution < 1.29 is 9.84 Å². The maximum absolute atomic E-state index is 11.9. The smallest absolute Gasteiger partial charge is 0.330 e. The molecule has 9 nitrogen and oxygen atoms in total. The van der Waals surface area contributed by atoms with Gasteiger partial charge in [0.2, 0.25) is 0 Å². The number of nitrogens with one attached hydrogen (secondary N) is 1. The summed E-state index contributed by atoms with van der Waals surface area (Å²) >= 11 is 6.28. The van der Waals surface area contributed by atoms with E-state index in [9.17, 15) is 14.7 Å². The zero-order chi connectivity index (χ0) is 15.6. The van der Waals surface area contributed by atoms with Gasteiger partial charge in [0.05, 0.1) is 18.1 Å². The first-order valence-electron chi connectivity index (χ1n) is 6.23. The molecule has 0 saturated carbocycles. The predicted octanol–water partition coefficient (Wildman–Crippen LogP) is 0.269. The Bertz CT molecular complexity index is 680. The normalized spacial score (nSPS) is 28.3. The zero-order valence-electron chi connectivity index (χ0n) is 11.1. The number of aliphatic hydroxyl groups is 1. The molecule has 2 heterocycles. The monoisotopic (exact) mass is 315 g/mol. The van der Waals surface area contributed by atoms with Crippen molar-refractivity contribution in [2.24, 2.45) is 11.0 Å². The topological polar surface area (TPSA) is 133 Å². The molecule has 4 atom stereocenters. The Morgan fingerprint density at radius 3 is 2.95 bits per heavy atom. The number of rotatable bonds is 4. The molecule has 21 heavy (non-hydrogen) atoms. The summed E-state index contributed by atoms with van der Waals surface area (Å²) in [5.74, 6) is -0.434. The standard InChI is InChI=1S/C11H14ClN5O4/c1-5-3-17(11(20)15-9(5)19)10-8(12)6(2-14-16-13)7(4-18)21-10/h3,6-8,10,18H,2,4H2,1H3,(H,15,19,20)/t6-,7-,8-,10-/m1/s1. The Balaban J connectivity index is 2.37. The largest absolute Gasteiger partial charge is 0.394 e.